The Morgan fingerprint density at radius 2 is 2.12 bits per heavy atom. The number of aromatic nitrogens is 3. The largest absolute Gasteiger partial charge is 0.328 e. The predicted octanol–water partition coefficient (Wildman–Crippen LogP) is 4.13. The number of nitrogens with one attached hydrogen (secondary N) is 1. The van der Waals surface area contributed by atoms with Gasteiger partial charge in [0.05, 0.1) is 22.0 Å². The van der Waals surface area contributed by atoms with E-state index >= 15 is 0 Å². The standard InChI is InChI=1S/C18H11ClFN3O2S/c19-12-6-10(3-4-13(12)20)11-7-14-17(21-8-11)22-18(25)23(14)9-15(24)16-2-1-5-26-16/h1-8H,9H2,(H,21,22,25). The topological polar surface area (TPSA) is 67.8 Å². The molecule has 3 aromatic heterocycles. The molecule has 8 heteroatoms. The molecule has 26 heavy (non-hydrogen) atoms. The quantitative estimate of drug-likeness (QED) is 0.535. The van der Waals surface area contributed by atoms with Gasteiger partial charge in [0, 0.05) is 11.8 Å². The molecular formula is C18H11ClFN3O2S. The first-order valence-electron chi connectivity index (χ1n) is 7.63. The Morgan fingerprint density at radius 3 is 2.85 bits per heavy atom. The SMILES string of the molecule is O=C(Cn1c(=O)[nH]c2ncc(-c3ccc(F)c(Cl)c3)cc21)c1cccs1. The third kappa shape index (κ3) is 2.95. The van der Waals surface area contributed by atoms with E-state index in [1.54, 1.807) is 30.5 Å². The van der Waals surface area contributed by atoms with Gasteiger partial charge >= 0.3 is 5.69 Å². The van der Waals surface area contributed by atoms with Gasteiger partial charge in [0.25, 0.3) is 0 Å². The molecule has 0 unspecified atom stereocenters. The number of ketones is 1. The minimum Gasteiger partial charge on any atom is -0.291 e. The molecule has 0 aliphatic rings. The highest BCUT2D eigenvalue weighted by molar-refractivity contribution is 7.12. The number of fused-ring (bicyclic) bond motifs is 1. The van der Waals surface area contributed by atoms with E-state index in [-0.39, 0.29) is 17.4 Å². The number of nitrogens with zero attached hydrogens (tertiary/aromatic N) is 2. The summed E-state index contributed by atoms with van der Waals surface area (Å²) in [4.78, 5) is 32.1. The summed E-state index contributed by atoms with van der Waals surface area (Å²) in [6.07, 6.45) is 1.56. The van der Waals surface area contributed by atoms with Crippen molar-refractivity contribution in [1.29, 1.82) is 0 Å². The van der Waals surface area contributed by atoms with Crippen molar-refractivity contribution in [2.24, 2.45) is 0 Å². The highest BCUT2D eigenvalue weighted by Gasteiger charge is 2.15. The van der Waals surface area contributed by atoms with Crippen LogP contribution in [-0.4, -0.2) is 20.3 Å². The number of Topliss-reactive ketones (excluding diaryl/α,β-unsaturated/α-hetero) is 1. The van der Waals surface area contributed by atoms with E-state index in [2.05, 4.69) is 9.97 Å². The summed E-state index contributed by atoms with van der Waals surface area (Å²) < 4.78 is 14.7. The highest BCUT2D eigenvalue weighted by atomic mass is 35.5. The van der Waals surface area contributed by atoms with Crippen molar-refractivity contribution in [3.63, 3.8) is 0 Å². The number of carbonyl (C=O) groups is 1. The second kappa shape index (κ2) is 6.51. The molecule has 5 nitrogen and oxygen atoms in total. The molecule has 1 aromatic carbocycles. The molecule has 0 saturated heterocycles. The van der Waals surface area contributed by atoms with Crippen LogP contribution in [0.2, 0.25) is 5.02 Å². The number of rotatable bonds is 4. The van der Waals surface area contributed by atoms with Gasteiger partial charge in [0.15, 0.2) is 11.4 Å². The van der Waals surface area contributed by atoms with Crippen LogP contribution in [0.5, 0.6) is 0 Å². The first kappa shape index (κ1) is 16.7. The van der Waals surface area contributed by atoms with Crippen molar-refractivity contribution < 1.29 is 9.18 Å². The Balaban J connectivity index is 1.78. The first-order valence-corrected chi connectivity index (χ1v) is 8.89. The summed E-state index contributed by atoms with van der Waals surface area (Å²) in [6.45, 7) is -0.0886. The summed E-state index contributed by atoms with van der Waals surface area (Å²) in [7, 11) is 0. The lowest BCUT2D eigenvalue weighted by Crippen LogP contribution is -2.21. The number of imidazole rings is 1. The van der Waals surface area contributed by atoms with Crippen LogP contribution in [-0.2, 0) is 6.54 Å². The van der Waals surface area contributed by atoms with Gasteiger partial charge in [0.1, 0.15) is 5.82 Å². The average Bonchev–Trinajstić information content (AvgIpc) is 3.26. The molecule has 4 rings (SSSR count). The molecule has 0 saturated carbocycles. The van der Waals surface area contributed by atoms with E-state index in [1.807, 2.05) is 5.38 Å². The van der Waals surface area contributed by atoms with Crippen molar-refractivity contribution in [2.45, 2.75) is 6.54 Å². The van der Waals surface area contributed by atoms with E-state index in [4.69, 9.17) is 11.6 Å². The Kier molecular flexibility index (Phi) is 4.18. The number of carbonyl (C=O) groups excluding carboxylic acids is 1. The number of H-pyrrole nitrogens is 1. The van der Waals surface area contributed by atoms with Crippen LogP contribution < -0.4 is 5.69 Å². The van der Waals surface area contributed by atoms with Gasteiger partial charge in [0.2, 0.25) is 0 Å². The van der Waals surface area contributed by atoms with Gasteiger partial charge in [-0.05, 0) is 35.2 Å². The highest BCUT2D eigenvalue weighted by Crippen LogP contribution is 2.26. The van der Waals surface area contributed by atoms with Gasteiger partial charge in [-0.15, -0.1) is 11.3 Å². The number of hydrogen-bond donors (Lipinski definition) is 1. The summed E-state index contributed by atoms with van der Waals surface area (Å²) in [5, 5.41) is 1.81. The molecule has 130 valence electrons. The molecule has 0 aliphatic carbocycles. The maximum Gasteiger partial charge on any atom is 0.328 e. The fourth-order valence-electron chi connectivity index (χ4n) is 2.68. The molecule has 0 aliphatic heterocycles. The van der Waals surface area contributed by atoms with Crippen LogP contribution in [0.25, 0.3) is 22.3 Å². The smallest absolute Gasteiger partial charge is 0.291 e. The summed E-state index contributed by atoms with van der Waals surface area (Å²) in [6, 6.07) is 9.57. The van der Waals surface area contributed by atoms with Gasteiger partial charge in [-0.3, -0.25) is 14.3 Å². The maximum atomic E-state index is 13.4. The number of thiophene rings is 1. The Bertz CT molecular complexity index is 1180. The van der Waals surface area contributed by atoms with Crippen LogP contribution in [0.15, 0.2) is 52.8 Å². The third-order valence-corrected chi connectivity index (χ3v) is 5.18. The molecule has 0 spiro atoms. The monoisotopic (exact) mass is 387 g/mol. The second-order valence-corrected chi connectivity index (χ2v) is 6.99. The summed E-state index contributed by atoms with van der Waals surface area (Å²) >= 11 is 7.17. The van der Waals surface area contributed by atoms with Crippen molar-refractivity contribution in [3.05, 3.63) is 74.2 Å². The zero-order valence-electron chi connectivity index (χ0n) is 13.2. The number of aromatic amines is 1. The van der Waals surface area contributed by atoms with Crippen molar-refractivity contribution in [1.82, 2.24) is 14.5 Å². The molecule has 1 N–H and O–H groups in total. The van der Waals surface area contributed by atoms with Gasteiger partial charge in [-0.2, -0.15) is 0 Å². The predicted molar refractivity (Wildman–Crippen MR) is 99.4 cm³/mol. The number of pyridine rings is 1. The molecule has 0 atom stereocenters. The minimum atomic E-state index is -0.510. The molecule has 0 bridgehead atoms. The van der Waals surface area contributed by atoms with Crippen molar-refractivity contribution in [3.8, 4) is 11.1 Å². The third-order valence-electron chi connectivity index (χ3n) is 3.98. The van der Waals surface area contributed by atoms with E-state index in [0.29, 0.717) is 27.2 Å². The van der Waals surface area contributed by atoms with Crippen molar-refractivity contribution in [2.75, 3.05) is 0 Å². The lowest BCUT2D eigenvalue weighted by Gasteiger charge is -2.05. The summed E-state index contributed by atoms with van der Waals surface area (Å²) in [5.74, 6) is -0.664. The van der Waals surface area contributed by atoms with Gasteiger partial charge < -0.3 is 0 Å². The Hall–Kier alpha value is -2.77. The van der Waals surface area contributed by atoms with Crippen molar-refractivity contribution >= 4 is 39.9 Å². The molecule has 0 fully saturated rings. The maximum absolute atomic E-state index is 13.4. The van der Waals surface area contributed by atoms with Crippen LogP contribution >= 0.6 is 22.9 Å². The zero-order chi connectivity index (χ0) is 18.3. The van der Waals surface area contributed by atoms with Gasteiger partial charge in [-0.25, -0.2) is 14.2 Å². The van der Waals surface area contributed by atoms with Gasteiger partial charge in [-0.1, -0.05) is 23.7 Å². The number of benzene rings is 1. The van der Waals surface area contributed by atoms with Crippen LogP contribution in [0, 0.1) is 5.82 Å². The van der Waals surface area contributed by atoms with Crippen LogP contribution in [0.4, 0.5) is 4.39 Å². The van der Waals surface area contributed by atoms with E-state index in [0.717, 1.165) is 0 Å². The average molecular weight is 388 g/mol. The van der Waals surface area contributed by atoms with Crippen LogP contribution in [0.1, 0.15) is 9.67 Å². The molecular weight excluding hydrogens is 377 g/mol. The Labute approximate surface area is 155 Å². The minimum absolute atomic E-state index is 0.00179. The molecule has 3 heterocycles. The second-order valence-electron chi connectivity index (χ2n) is 5.64. The van der Waals surface area contributed by atoms with E-state index < -0.39 is 11.5 Å². The lowest BCUT2D eigenvalue weighted by molar-refractivity contribution is 0.0976. The van der Waals surface area contributed by atoms with Crippen LogP contribution in [0.3, 0.4) is 0 Å². The fraction of sp³-hybridized carbons (Fsp3) is 0.0556. The number of hydrogen-bond acceptors (Lipinski definition) is 4. The first-order chi connectivity index (χ1) is 12.5. The summed E-state index contributed by atoms with van der Waals surface area (Å²) in [5.41, 5.74) is 1.79. The molecule has 4 aromatic rings. The Morgan fingerprint density at radius 1 is 1.27 bits per heavy atom. The van der Waals surface area contributed by atoms with E-state index in [1.165, 1.54) is 28.0 Å². The normalized spacial score (nSPS) is 11.2. The zero-order valence-corrected chi connectivity index (χ0v) is 14.8. The number of halogens is 2. The lowest BCUT2D eigenvalue weighted by atomic mass is 10.1. The fourth-order valence-corrected chi connectivity index (χ4v) is 3.52. The molecule has 0 amide bonds. The molecule has 0 radical (unpaired) electrons. The van der Waals surface area contributed by atoms with E-state index in [9.17, 15) is 14.0 Å².